The molecule has 156 valence electrons. The molecule has 0 radical (unpaired) electrons. The van der Waals surface area contributed by atoms with Crippen LogP contribution in [0.2, 0.25) is 0 Å². The summed E-state index contributed by atoms with van der Waals surface area (Å²) in [6.45, 7) is 0.221. The predicted molar refractivity (Wildman–Crippen MR) is 110 cm³/mol. The van der Waals surface area contributed by atoms with Crippen molar-refractivity contribution in [3.8, 4) is 16.9 Å². The molecule has 0 aliphatic carbocycles. The number of pyridine rings is 1. The maximum atomic E-state index is 13.4. The predicted octanol–water partition coefficient (Wildman–Crippen LogP) is 6.20. The van der Waals surface area contributed by atoms with E-state index in [0.29, 0.717) is 22.3 Å². The van der Waals surface area contributed by atoms with Crippen molar-refractivity contribution in [3.05, 3.63) is 95.7 Å². The van der Waals surface area contributed by atoms with E-state index >= 15 is 0 Å². The van der Waals surface area contributed by atoms with Crippen molar-refractivity contribution in [1.82, 2.24) is 4.98 Å². The van der Waals surface area contributed by atoms with Crippen molar-refractivity contribution in [2.24, 2.45) is 0 Å². The lowest BCUT2D eigenvalue weighted by atomic mass is 9.99. The van der Waals surface area contributed by atoms with Gasteiger partial charge in [-0.05, 0) is 53.1 Å². The van der Waals surface area contributed by atoms with Crippen molar-refractivity contribution in [2.75, 3.05) is 0 Å². The highest BCUT2D eigenvalue weighted by Gasteiger charge is 2.33. The van der Waals surface area contributed by atoms with Crippen LogP contribution in [0, 0.1) is 0 Å². The molecule has 0 amide bonds. The van der Waals surface area contributed by atoms with Crippen LogP contribution in [0.1, 0.15) is 21.5 Å². The molecule has 0 saturated carbocycles. The summed E-state index contributed by atoms with van der Waals surface area (Å²) in [4.78, 5) is 14.9. The van der Waals surface area contributed by atoms with Crippen molar-refractivity contribution in [1.29, 1.82) is 0 Å². The van der Waals surface area contributed by atoms with Crippen molar-refractivity contribution in [3.63, 3.8) is 0 Å². The number of nitrogens with zero attached hydrogens (tertiary/aromatic N) is 1. The normalized spacial score (nSPS) is 11.5. The van der Waals surface area contributed by atoms with Gasteiger partial charge in [0, 0.05) is 11.6 Å². The molecule has 0 atom stereocenters. The second-order valence-corrected chi connectivity index (χ2v) is 6.88. The molecule has 1 aromatic heterocycles. The number of benzene rings is 3. The summed E-state index contributed by atoms with van der Waals surface area (Å²) in [5, 5.41) is 9.36. The first-order valence-electron chi connectivity index (χ1n) is 9.33. The number of halogens is 3. The number of fused-ring (bicyclic) bond motifs is 1. The van der Waals surface area contributed by atoms with E-state index in [1.807, 2.05) is 0 Å². The molecule has 31 heavy (non-hydrogen) atoms. The summed E-state index contributed by atoms with van der Waals surface area (Å²) in [6, 6.07) is 19.1. The van der Waals surface area contributed by atoms with Gasteiger partial charge in [-0.25, -0.2) is 4.79 Å². The number of carbonyl (C=O) groups is 1. The number of rotatable bonds is 5. The molecule has 0 aliphatic rings. The van der Waals surface area contributed by atoms with Gasteiger partial charge in [-0.2, -0.15) is 13.2 Å². The van der Waals surface area contributed by atoms with E-state index in [1.54, 1.807) is 48.5 Å². The van der Waals surface area contributed by atoms with E-state index in [-0.39, 0.29) is 17.7 Å². The summed E-state index contributed by atoms with van der Waals surface area (Å²) in [7, 11) is 0. The zero-order chi connectivity index (χ0) is 22.0. The molecule has 0 bridgehead atoms. The van der Waals surface area contributed by atoms with Crippen molar-refractivity contribution in [2.45, 2.75) is 12.8 Å². The fraction of sp³-hybridized carbons (Fsp3) is 0.0833. The molecule has 0 saturated heterocycles. The van der Waals surface area contributed by atoms with Crippen LogP contribution in [0.4, 0.5) is 13.2 Å². The van der Waals surface area contributed by atoms with E-state index in [2.05, 4.69) is 4.98 Å². The minimum absolute atomic E-state index is 0.0997. The van der Waals surface area contributed by atoms with Gasteiger partial charge in [-0.15, -0.1) is 0 Å². The van der Waals surface area contributed by atoms with E-state index in [1.165, 1.54) is 24.4 Å². The zero-order valence-corrected chi connectivity index (χ0v) is 16.1. The number of ether oxygens (including phenoxy) is 1. The number of para-hydroxylation sites is 1. The van der Waals surface area contributed by atoms with Crippen LogP contribution in [0.15, 0.2) is 79.0 Å². The number of carboxylic acids is 1. The van der Waals surface area contributed by atoms with Crippen LogP contribution in [0.3, 0.4) is 0 Å². The van der Waals surface area contributed by atoms with Crippen LogP contribution in [-0.4, -0.2) is 16.1 Å². The molecule has 4 nitrogen and oxygen atoms in total. The molecule has 7 heteroatoms. The summed E-state index contributed by atoms with van der Waals surface area (Å²) in [5.74, 6) is -0.463. The fourth-order valence-corrected chi connectivity index (χ4v) is 3.32. The summed E-state index contributed by atoms with van der Waals surface area (Å²) >= 11 is 0. The van der Waals surface area contributed by atoms with Gasteiger partial charge in [-0.1, -0.05) is 36.4 Å². The van der Waals surface area contributed by atoms with Gasteiger partial charge in [0.25, 0.3) is 0 Å². The van der Waals surface area contributed by atoms with Gasteiger partial charge in [-0.3, -0.25) is 4.98 Å². The van der Waals surface area contributed by atoms with Gasteiger partial charge < -0.3 is 9.84 Å². The first kappa shape index (κ1) is 20.4. The first-order chi connectivity index (χ1) is 14.8. The van der Waals surface area contributed by atoms with Gasteiger partial charge in [0.05, 0.1) is 16.6 Å². The maximum Gasteiger partial charge on any atom is 0.418 e. The zero-order valence-electron chi connectivity index (χ0n) is 16.1. The van der Waals surface area contributed by atoms with Crippen LogP contribution >= 0.6 is 0 Å². The van der Waals surface area contributed by atoms with Crippen LogP contribution in [0.5, 0.6) is 5.75 Å². The molecular formula is C24H16F3NO3. The van der Waals surface area contributed by atoms with Crippen LogP contribution < -0.4 is 4.74 Å². The Morgan fingerprint density at radius 2 is 1.71 bits per heavy atom. The fourth-order valence-electron chi connectivity index (χ4n) is 3.32. The Balaban J connectivity index is 1.63. The van der Waals surface area contributed by atoms with Gasteiger partial charge >= 0.3 is 12.1 Å². The third-order valence-corrected chi connectivity index (χ3v) is 4.83. The lowest BCUT2D eigenvalue weighted by Gasteiger charge is -2.13. The number of alkyl halides is 3. The lowest BCUT2D eigenvalue weighted by molar-refractivity contribution is -0.136. The molecule has 4 aromatic rings. The minimum Gasteiger partial charge on any atom is -0.489 e. The molecule has 0 unspecified atom stereocenters. The smallest absolute Gasteiger partial charge is 0.418 e. The van der Waals surface area contributed by atoms with Gasteiger partial charge in [0.2, 0.25) is 0 Å². The monoisotopic (exact) mass is 423 g/mol. The van der Waals surface area contributed by atoms with Crippen LogP contribution in [0.25, 0.3) is 22.0 Å². The Morgan fingerprint density at radius 1 is 0.968 bits per heavy atom. The highest BCUT2D eigenvalue weighted by atomic mass is 19.4. The standard InChI is InChI=1S/C24H16F3NO3/c25-24(26,27)21-6-2-5-20-19(11-12-28-22(20)21)17-3-1-4-18(13-17)31-14-15-7-9-16(10-8-15)23(29)30/h1-13H,14H2,(H,29,30). The third kappa shape index (κ3) is 4.35. The molecule has 0 aliphatic heterocycles. The van der Waals surface area contributed by atoms with Crippen molar-refractivity contribution < 1.29 is 27.8 Å². The first-order valence-corrected chi connectivity index (χ1v) is 9.33. The topological polar surface area (TPSA) is 59.4 Å². The lowest BCUT2D eigenvalue weighted by Crippen LogP contribution is -2.06. The van der Waals surface area contributed by atoms with Gasteiger partial charge in [0.15, 0.2) is 0 Å². The quantitative estimate of drug-likeness (QED) is 0.415. The summed E-state index contributed by atoms with van der Waals surface area (Å²) in [5.41, 5.74) is 1.42. The van der Waals surface area contributed by atoms with E-state index in [0.717, 1.165) is 11.6 Å². The van der Waals surface area contributed by atoms with E-state index < -0.39 is 17.7 Å². The van der Waals surface area contributed by atoms with E-state index in [4.69, 9.17) is 9.84 Å². The Morgan fingerprint density at radius 3 is 2.42 bits per heavy atom. The number of hydrogen-bond donors (Lipinski definition) is 1. The summed E-state index contributed by atoms with van der Waals surface area (Å²) < 4.78 is 45.9. The number of aromatic carboxylic acids is 1. The summed E-state index contributed by atoms with van der Waals surface area (Å²) in [6.07, 6.45) is -3.13. The number of hydrogen-bond acceptors (Lipinski definition) is 3. The molecule has 3 aromatic carbocycles. The Kier molecular flexibility index (Phi) is 5.33. The highest BCUT2D eigenvalue weighted by Crippen LogP contribution is 2.37. The van der Waals surface area contributed by atoms with Gasteiger partial charge in [0.1, 0.15) is 12.4 Å². The third-order valence-electron chi connectivity index (χ3n) is 4.83. The second-order valence-electron chi connectivity index (χ2n) is 6.88. The number of carboxylic acid groups (broad SMARTS) is 1. The average molecular weight is 423 g/mol. The Labute approximate surface area is 175 Å². The largest absolute Gasteiger partial charge is 0.489 e. The maximum absolute atomic E-state index is 13.4. The van der Waals surface area contributed by atoms with Crippen molar-refractivity contribution >= 4 is 16.9 Å². The molecule has 4 rings (SSSR count). The average Bonchev–Trinajstić information content (AvgIpc) is 2.76. The SMILES string of the molecule is O=C(O)c1ccc(COc2cccc(-c3ccnc4c(C(F)(F)F)cccc34)c2)cc1. The number of aromatic nitrogens is 1. The highest BCUT2D eigenvalue weighted by molar-refractivity contribution is 5.96. The molecule has 0 spiro atoms. The van der Waals surface area contributed by atoms with E-state index in [9.17, 15) is 18.0 Å². The molecular weight excluding hydrogens is 407 g/mol. The second kappa shape index (κ2) is 8.10. The van der Waals surface area contributed by atoms with Crippen LogP contribution in [-0.2, 0) is 12.8 Å². The Bertz CT molecular complexity index is 1250. The molecule has 1 N–H and O–H groups in total. The Hall–Kier alpha value is -3.87. The molecule has 1 heterocycles. The molecule has 0 fully saturated rings. The minimum atomic E-state index is -4.49.